The number of halogens is 2. The Morgan fingerprint density at radius 1 is 1.45 bits per heavy atom. The van der Waals surface area contributed by atoms with Gasteiger partial charge in [0.2, 0.25) is 0 Å². The summed E-state index contributed by atoms with van der Waals surface area (Å²) in [7, 11) is -3.62. The molecule has 0 aliphatic carbocycles. The summed E-state index contributed by atoms with van der Waals surface area (Å²) in [6.07, 6.45) is 0.891. The summed E-state index contributed by atoms with van der Waals surface area (Å²) in [4.78, 5) is 9.74. The van der Waals surface area contributed by atoms with Gasteiger partial charge >= 0.3 is 0 Å². The first-order valence-corrected chi connectivity index (χ1v) is 7.26. The second-order valence-corrected chi connectivity index (χ2v) is 6.14. The van der Waals surface area contributed by atoms with Crippen molar-refractivity contribution in [2.75, 3.05) is 24.7 Å². The molecule has 1 rings (SSSR count). The van der Waals surface area contributed by atoms with Gasteiger partial charge in [-0.05, 0) is 12.1 Å². The number of nitrogens with zero attached hydrogens (tertiary/aromatic N) is 1. The third kappa shape index (κ3) is 4.10. The molecular weight excluding hydrogens is 296 g/mol. The fourth-order valence-electron chi connectivity index (χ4n) is 1.34. The van der Waals surface area contributed by atoms with Gasteiger partial charge in [0.05, 0.1) is 22.9 Å². The number of nitro benzene ring substituents is 1. The van der Waals surface area contributed by atoms with Gasteiger partial charge in [-0.3, -0.25) is 10.1 Å². The topological polar surface area (TPSA) is 115 Å². The number of benzene rings is 1. The highest BCUT2D eigenvalue weighted by Crippen LogP contribution is 2.28. The van der Waals surface area contributed by atoms with Crippen molar-refractivity contribution in [3.8, 4) is 0 Å². The molecule has 7 nitrogen and oxygen atoms in total. The number of alkyl halides is 2. The molecule has 1 aromatic rings. The molecule has 0 aliphatic heterocycles. The van der Waals surface area contributed by atoms with Crippen molar-refractivity contribution in [3.05, 3.63) is 28.3 Å². The standard InChI is InChI=1S/C10H13F2N3O4S/c1-20(18,19)7-2-3-8(9(4-7)15(16)17)14-6-10(11,12)5-13/h2-4,14H,5-6,13H2,1H3. The normalized spacial score (nSPS) is 12.2. The van der Waals surface area contributed by atoms with E-state index < -0.39 is 39.5 Å². The predicted molar refractivity (Wildman–Crippen MR) is 68.7 cm³/mol. The highest BCUT2D eigenvalue weighted by atomic mass is 32.2. The van der Waals surface area contributed by atoms with Crippen LogP contribution in [0, 0.1) is 10.1 Å². The molecule has 0 heterocycles. The van der Waals surface area contributed by atoms with Crippen LogP contribution >= 0.6 is 0 Å². The first-order chi connectivity index (χ1) is 9.07. The molecule has 1 aromatic carbocycles. The molecule has 10 heteroatoms. The molecule has 0 spiro atoms. The number of sulfone groups is 1. The Hall–Kier alpha value is -1.81. The lowest BCUT2D eigenvalue weighted by Gasteiger charge is -2.15. The number of anilines is 1. The van der Waals surface area contributed by atoms with Crippen LogP contribution in [0.4, 0.5) is 20.2 Å². The number of hydrogen-bond donors (Lipinski definition) is 2. The van der Waals surface area contributed by atoms with Crippen LogP contribution in [0.1, 0.15) is 0 Å². The predicted octanol–water partition coefficient (Wildman–Crippen LogP) is 1.00. The van der Waals surface area contributed by atoms with Crippen LogP contribution in [0.15, 0.2) is 23.1 Å². The van der Waals surface area contributed by atoms with Crippen molar-refractivity contribution in [2.45, 2.75) is 10.8 Å². The van der Waals surface area contributed by atoms with Gasteiger partial charge in [0.25, 0.3) is 11.6 Å². The SMILES string of the molecule is CS(=O)(=O)c1ccc(NCC(F)(F)CN)c([N+](=O)[O-])c1. The number of nitrogens with one attached hydrogen (secondary N) is 1. The first-order valence-electron chi connectivity index (χ1n) is 5.37. The van der Waals surface area contributed by atoms with Gasteiger partial charge in [-0.25, -0.2) is 17.2 Å². The summed E-state index contributed by atoms with van der Waals surface area (Å²) in [5.41, 5.74) is 4.05. The fraction of sp³-hybridized carbons (Fsp3) is 0.400. The summed E-state index contributed by atoms with van der Waals surface area (Å²) >= 11 is 0. The summed E-state index contributed by atoms with van der Waals surface area (Å²) in [5.74, 6) is -3.22. The summed E-state index contributed by atoms with van der Waals surface area (Å²) < 4.78 is 48.6. The molecular formula is C10H13F2N3O4S. The third-order valence-corrected chi connectivity index (χ3v) is 3.54. The van der Waals surface area contributed by atoms with Crippen LogP contribution in [0.5, 0.6) is 0 Å². The summed E-state index contributed by atoms with van der Waals surface area (Å²) in [6.45, 7) is -1.79. The van der Waals surface area contributed by atoms with Gasteiger partial charge in [0.15, 0.2) is 9.84 Å². The van der Waals surface area contributed by atoms with Gasteiger partial charge in [0.1, 0.15) is 5.69 Å². The Labute approximate surface area is 113 Å². The third-order valence-electron chi connectivity index (χ3n) is 2.43. The molecule has 0 amide bonds. The monoisotopic (exact) mass is 309 g/mol. The quantitative estimate of drug-likeness (QED) is 0.598. The van der Waals surface area contributed by atoms with Gasteiger partial charge in [-0.15, -0.1) is 0 Å². The van der Waals surface area contributed by atoms with E-state index in [-0.39, 0.29) is 10.6 Å². The molecule has 0 bridgehead atoms. The minimum Gasteiger partial charge on any atom is -0.373 e. The maximum Gasteiger partial charge on any atom is 0.293 e. The van der Waals surface area contributed by atoms with E-state index in [1.54, 1.807) is 0 Å². The van der Waals surface area contributed by atoms with Gasteiger partial charge in [0, 0.05) is 12.3 Å². The smallest absolute Gasteiger partial charge is 0.293 e. The zero-order valence-corrected chi connectivity index (χ0v) is 11.3. The Morgan fingerprint density at radius 3 is 2.50 bits per heavy atom. The highest BCUT2D eigenvalue weighted by Gasteiger charge is 2.28. The molecule has 20 heavy (non-hydrogen) atoms. The van der Waals surface area contributed by atoms with Crippen molar-refractivity contribution < 1.29 is 22.1 Å². The molecule has 0 aromatic heterocycles. The minimum atomic E-state index is -3.62. The van der Waals surface area contributed by atoms with E-state index in [0.717, 1.165) is 24.5 Å². The van der Waals surface area contributed by atoms with Crippen molar-refractivity contribution in [1.82, 2.24) is 0 Å². The first kappa shape index (κ1) is 16.2. The van der Waals surface area contributed by atoms with E-state index >= 15 is 0 Å². The lowest BCUT2D eigenvalue weighted by Crippen LogP contribution is -2.35. The van der Waals surface area contributed by atoms with Crippen LogP contribution in [-0.4, -0.2) is 38.6 Å². The molecule has 0 fully saturated rings. The second-order valence-electron chi connectivity index (χ2n) is 4.12. The Bertz CT molecular complexity index is 619. The molecule has 0 radical (unpaired) electrons. The van der Waals surface area contributed by atoms with E-state index in [1.807, 2.05) is 0 Å². The van der Waals surface area contributed by atoms with Gasteiger partial charge in [-0.2, -0.15) is 0 Å². The maximum absolute atomic E-state index is 13.0. The zero-order chi connectivity index (χ0) is 15.6. The highest BCUT2D eigenvalue weighted by molar-refractivity contribution is 7.90. The van der Waals surface area contributed by atoms with E-state index in [9.17, 15) is 27.3 Å². The number of nitro groups is 1. The summed E-state index contributed by atoms with van der Waals surface area (Å²) in [6, 6.07) is 2.99. The van der Waals surface area contributed by atoms with E-state index in [0.29, 0.717) is 0 Å². The Morgan fingerprint density at radius 2 is 2.05 bits per heavy atom. The maximum atomic E-state index is 13.0. The van der Waals surface area contributed by atoms with Crippen molar-refractivity contribution in [1.29, 1.82) is 0 Å². The zero-order valence-electron chi connectivity index (χ0n) is 10.5. The average Bonchev–Trinajstić information content (AvgIpc) is 2.35. The van der Waals surface area contributed by atoms with Crippen LogP contribution in [0.2, 0.25) is 0 Å². The van der Waals surface area contributed by atoms with Crippen LogP contribution in [0.25, 0.3) is 0 Å². The minimum absolute atomic E-state index is 0.199. The fourth-order valence-corrected chi connectivity index (χ4v) is 1.98. The lowest BCUT2D eigenvalue weighted by atomic mass is 10.2. The van der Waals surface area contributed by atoms with Gasteiger partial charge < -0.3 is 11.1 Å². The largest absolute Gasteiger partial charge is 0.373 e. The average molecular weight is 309 g/mol. The molecule has 0 saturated heterocycles. The van der Waals surface area contributed by atoms with Gasteiger partial charge in [-0.1, -0.05) is 0 Å². The molecule has 0 atom stereocenters. The molecule has 3 N–H and O–H groups in total. The molecule has 0 unspecified atom stereocenters. The van der Waals surface area contributed by atoms with Crippen molar-refractivity contribution in [3.63, 3.8) is 0 Å². The van der Waals surface area contributed by atoms with Crippen LogP contribution in [0.3, 0.4) is 0 Å². The number of hydrogen-bond acceptors (Lipinski definition) is 6. The van der Waals surface area contributed by atoms with Crippen molar-refractivity contribution >= 4 is 21.2 Å². The number of nitrogens with two attached hydrogens (primary N) is 1. The molecule has 0 saturated carbocycles. The Kier molecular flexibility index (Phi) is 4.61. The number of rotatable bonds is 6. The summed E-state index contributed by atoms with van der Waals surface area (Å²) in [5, 5.41) is 13.1. The Balaban J connectivity index is 3.12. The van der Waals surface area contributed by atoms with E-state index in [4.69, 9.17) is 5.73 Å². The van der Waals surface area contributed by atoms with Crippen molar-refractivity contribution in [2.24, 2.45) is 5.73 Å². The second kappa shape index (κ2) is 5.67. The van der Waals surface area contributed by atoms with Crippen LogP contribution < -0.4 is 11.1 Å². The molecule has 0 aliphatic rings. The lowest BCUT2D eigenvalue weighted by molar-refractivity contribution is -0.384. The van der Waals surface area contributed by atoms with Crippen LogP contribution in [-0.2, 0) is 9.84 Å². The van der Waals surface area contributed by atoms with E-state index in [1.165, 1.54) is 0 Å². The molecule has 112 valence electrons. The van der Waals surface area contributed by atoms with E-state index in [2.05, 4.69) is 5.32 Å².